The van der Waals surface area contributed by atoms with Gasteiger partial charge in [0.05, 0.1) is 28.1 Å². The van der Waals surface area contributed by atoms with Crippen molar-refractivity contribution in [1.29, 1.82) is 0 Å². The molecule has 0 radical (unpaired) electrons. The maximum Gasteiger partial charge on any atom is 0.274 e. The summed E-state index contributed by atoms with van der Waals surface area (Å²) in [5, 5.41) is 3.44. The van der Waals surface area contributed by atoms with E-state index in [2.05, 4.69) is 36.1 Å². The zero-order chi connectivity index (χ0) is 24.2. The Morgan fingerprint density at radius 3 is 2.66 bits per heavy atom. The fourth-order valence-electron chi connectivity index (χ4n) is 5.60. The maximum absolute atomic E-state index is 14.6. The van der Waals surface area contributed by atoms with Gasteiger partial charge in [-0.25, -0.2) is 14.4 Å². The molecule has 0 bridgehead atoms. The number of nitrogens with zero attached hydrogens (tertiary/aromatic N) is 4. The van der Waals surface area contributed by atoms with Crippen molar-refractivity contribution in [3.05, 3.63) is 75.5 Å². The molecule has 0 atom stereocenters. The zero-order valence-corrected chi connectivity index (χ0v) is 20.9. The van der Waals surface area contributed by atoms with Crippen LogP contribution in [0.15, 0.2) is 62.7 Å². The molecule has 1 aliphatic heterocycles. The fourth-order valence-corrected chi connectivity index (χ4v) is 5.95. The van der Waals surface area contributed by atoms with Gasteiger partial charge in [0.1, 0.15) is 23.6 Å². The highest BCUT2D eigenvalue weighted by Crippen LogP contribution is 2.56. The highest BCUT2D eigenvalue weighted by Gasteiger charge is 2.47. The number of anilines is 3. The third-order valence-electron chi connectivity index (χ3n) is 7.65. The molecule has 1 N–H and O–H groups in total. The standard InChI is InChI=1S/C26H25BrFN5O2/c1-32-21-4-3-19(27)23(28)18(21)12-20(25(32)34)31-22-5-2-17(15-30-22)33-9-6-26(7-10-33)13-16(14-26)24-29-8-11-35-24/h2-5,8,11-12,15-16H,6-7,9-10,13-14H2,1H3,(H,30,31). The lowest BCUT2D eigenvalue weighted by Gasteiger charge is -2.51. The molecule has 4 heterocycles. The number of hydrogen-bond donors (Lipinski definition) is 1. The van der Waals surface area contributed by atoms with Crippen molar-refractivity contribution in [3.63, 3.8) is 0 Å². The summed E-state index contributed by atoms with van der Waals surface area (Å²) >= 11 is 3.22. The molecule has 1 aliphatic carbocycles. The lowest BCUT2D eigenvalue weighted by Crippen LogP contribution is -2.46. The van der Waals surface area contributed by atoms with Crippen LogP contribution in [-0.4, -0.2) is 27.6 Å². The lowest BCUT2D eigenvalue weighted by atomic mass is 9.57. The summed E-state index contributed by atoms with van der Waals surface area (Å²) < 4.78 is 21.9. The van der Waals surface area contributed by atoms with Crippen LogP contribution in [0.4, 0.5) is 21.6 Å². The Bertz CT molecular complexity index is 1440. The first-order valence-electron chi connectivity index (χ1n) is 11.8. The van der Waals surface area contributed by atoms with Crippen LogP contribution in [-0.2, 0) is 7.05 Å². The molecular formula is C26H25BrFN5O2. The number of fused-ring (bicyclic) bond motifs is 1. The van der Waals surface area contributed by atoms with Crippen molar-refractivity contribution in [2.75, 3.05) is 23.3 Å². The van der Waals surface area contributed by atoms with E-state index in [1.165, 1.54) is 4.57 Å². The molecule has 2 fully saturated rings. The molecule has 1 saturated heterocycles. The second-order valence-corrected chi connectivity index (χ2v) is 10.6. The van der Waals surface area contributed by atoms with Crippen molar-refractivity contribution < 1.29 is 8.81 Å². The number of aromatic nitrogens is 3. The van der Waals surface area contributed by atoms with E-state index in [-0.39, 0.29) is 11.2 Å². The van der Waals surface area contributed by atoms with Crippen LogP contribution in [0, 0.1) is 11.2 Å². The van der Waals surface area contributed by atoms with E-state index in [1.807, 2.05) is 18.3 Å². The highest BCUT2D eigenvalue weighted by atomic mass is 79.9. The average Bonchev–Trinajstić information content (AvgIpc) is 3.39. The predicted octanol–water partition coefficient (Wildman–Crippen LogP) is 5.73. The van der Waals surface area contributed by atoms with E-state index in [4.69, 9.17) is 4.42 Å². The van der Waals surface area contributed by atoms with Crippen LogP contribution >= 0.6 is 15.9 Å². The molecule has 4 aromatic rings. The van der Waals surface area contributed by atoms with Gasteiger partial charge in [-0.3, -0.25) is 4.79 Å². The van der Waals surface area contributed by atoms with Gasteiger partial charge in [0, 0.05) is 31.4 Å². The third kappa shape index (κ3) is 3.91. The van der Waals surface area contributed by atoms with Crippen molar-refractivity contribution in [2.24, 2.45) is 12.5 Å². The van der Waals surface area contributed by atoms with Crippen molar-refractivity contribution in [3.8, 4) is 0 Å². The Balaban J connectivity index is 1.13. The average molecular weight is 538 g/mol. The second-order valence-electron chi connectivity index (χ2n) is 9.71. The number of rotatable bonds is 4. The molecule has 1 spiro atoms. The molecule has 2 aliphatic rings. The molecule has 9 heteroatoms. The van der Waals surface area contributed by atoms with Gasteiger partial charge >= 0.3 is 0 Å². The van der Waals surface area contributed by atoms with Gasteiger partial charge in [-0.2, -0.15) is 0 Å². The second kappa shape index (κ2) is 8.48. The first-order valence-corrected chi connectivity index (χ1v) is 12.6. The largest absolute Gasteiger partial charge is 0.449 e. The topological polar surface area (TPSA) is 76.2 Å². The summed E-state index contributed by atoms with van der Waals surface area (Å²) in [5.41, 5.74) is 2.05. The Kier molecular flexibility index (Phi) is 5.40. The molecule has 35 heavy (non-hydrogen) atoms. The Morgan fingerprint density at radius 2 is 1.97 bits per heavy atom. The third-order valence-corrected chi connectivity index (χ3v) is 8.27. The predicted molar refractivity (Wildman–Crippen MR) is 137 cm³/mol. The van der Waals surface area contributed by atoms with Crippen molar-refractivity contribution in [1.82, 2.24) is 14.5 Å². The van der Waals surface area contributed by atoms with Crippen LogP contribution in [0.1, 0.15) is 37.5 Å². The number of oxazole rings is 1. The molecule has 180 valence electrons. The number of piperidine rings is 1. The Labute approximate surface area is 210 Å². The van der Waals surface area contributed by atoms with Gasteiger partial charge in [0.2, 0.25) is 0 Å². The fraction of sp³-hybridized carbons (Fsp3) is 0.346. The number of benzene rings is 1. The molecule has 6 rings (SSSR count). The summed E-state index contributed by atoms with van der Waals surface area (Å²) in [6, 6.07) is 8.75. The number of nitrogens with one attached hydrogen (secondary N) is 1. The van der Waals surface area contributed by atoms with Crippen LogP contribution in [0.2, 0.25) is 0 Å². The van der Waals surface area contributed by atoms with Gasteiger partial charge in [0.25, 0.3) is 5.56 Å². The SMILES string of the molecule is Cn1c(=O)c(Nc2ccc(N3CCC4(CC3)CC(c3ncco3)C4)cn2)cc2c(F)c(Br)ccc21. The lowest BCUT2D eigenvalue weighted by molar-refractivity contribution is 0.0559. The molecule has 7 nitrogen and oxygen atoms in total. The van der Waals surface area contributed by atoms with E-state index in [1.54, 1.807) is 37.7 Å². The van der Waals surface area contributed by atoms with Crippen LogP contribution in [0.5, 0.6) is 0 Å². The minimum atomic E-state index is -0.398. The monoisotopic (exact) mass is 537 g/mol. The molecule has 1 saturated carbocycles. The molecular weight excluding hydrogens is 513 g/mol. The minimum absolute atomic E-state index is 0.241. The van der Waals surface area contributed by atoms with Gasteiger partial charge in [-0.05, 0) is 77.4 Å². The van der Waals surface area contributed by atoms with E-state index in [0.717, 1.165) is 50.4 Å². The van der Waals surface area contributed by atoms with Gasteiger partial charge in [0.15, 0.2) is 5.89 Å². The van der Waals surface area contributed by atoms with E-state index < -0.39 is 5.82 Å². The van der Waals surface area contributed by atoms with Crippen molar-refractivity contribution >= 4 is 44.0 Å². The van der Waals surface area contributed by atoms with Crippen LogP contribution < -0.4 is 15.8 Å². The van der Waals surface area contributed by atoms with Gasteiger partial charge in [-0.1, -0.05) is 0 Å². The molecule has 3 aromatic heterocycles. The normalized spacial score (nSPS) is 17.6. The van der Waals surface area contributed by atoms with E-state index >= 15 is 0 Å². The van der Waals surface area contributed by atoms with Gasteiger partial charge < -0.3 is 19.2 Å². The summed E-state index contributed by atoms with van der Waals surface area (Å²) in [6.45, 7) is 1.98. The first-order chi connectivity index (χ1) is 16.9. The first kappa shape index (κ1) is 22.3. The number of aryl methyl sites for hydroxylation is 1. The summed E-state index contributed by atoms with van der Waals surface area (Å²) in [7, 11) is 1.64. The minimum Gasteiger partial charge on any atom is -0.449 e. The van der Waals surface area contributed by atoms with E-state index in [9.17, 15) is 9.18 Å². The number of pyridine rings is 2. The van der Waals surface area contributed by atoms with E-state index in [0.29, 0.717) is 32.5 Å². The van der Waals surface area contributed by atoms with Gasteiger partial charge in [-0.15, -0.1) is 0 Å². The summed E-state index contributed by atoms with van der Waals surface area (Å²) in [5.74, 6) is 1.48. The summed E-state index contributed by atoms with van der Waals surface area (Å²) in [6.07, 6.45) is 9.82. The Hall–Kier alpha value is -3.20. The molecule has 1 aromatic carbocycles. The highest BCUT2D eigenvalue weighted by molar-refractivity contribution is 9.10. The van der Waals surface area contributed by atoms with Crippen LogP contribution in [0.3, 0.4) is 0 Å². The maximum atomic E-state index is 14.6. The number of halogens is 2. The molecule has 0 amide bonds. The van der Waals surface area contributed by atoms with Crippen LogP contribution in [0.25, 0.3) is 10.9 Å². The smallest absolute Gasteiger partial charge is 0.274 e. The summed E-state index contributed by atoms with van der Waals surface area (Å²) in [4.78, 5) is 24.0. The molecule has 0 unspecified atom stereocenters. The Morgan fingerprint density at radius 1 is 1.17 bits per heavy atom. The number of hydrogen-bond acceptors (Lipinski definition) is 6. The zero-order valence-electron chi connectivity index (χ0n) is 19.3. The van der Waals surface area contributed by atoms with Crippen molar-refractivity contribution in [2.45, 2.75) is 31.6 Å². The quantitative estimate of drug-likeness (QED) is 0.358.